The summed E-state index contributed by atoms with van der Waals surface area (Å²) < 4.78 is 14.5. The van der Waals surface area contributed by atoms with Crippen molar-refractivity contribution in [1.29, 1.82) is 0 Å². The molecule has 52 heavy (non-hydrogen) atoms. The zero-order valence-corrected chi connectivity index (χ0v) is 33.6. The van der Waals surface area contributed by atoms with Crippen molar-refractivity contribution in [2.75, 3.05) is 19.8 Å². The number of carbonyl (C=O) groups is 3. The minimum Gasteiger partial charge on any atom is -0.462 e. The first-order valence-electron chi connectivity index (χ1n) is 17.4. The van der Waals surface area contributed by atoms with E-state index in [0.717, 1.165) is 27.7 Å². The van der Waals surface area contributed by atoms with Crippen LogP contribution in [0.15, 0.2) is 85.3 Å². The van der Waals surface area contributed by atoms with Crippen LogP contribution in [-0.2, 0) is 27.1 Å². The first kappa shape index (κ1) is 45.3. The zero-order chi connectivity index (χ0) is 38.7. The normalized spacial score (nSPS) is 9.56. The van der Waals surface area contributed by atoms with Gasteiger partial charge in [0.25, 0.3) is 0 Å². The average Bonchev–Trinajstić information content (AvgIpc) is 3.74. The number of thiazole rings is 2. The second-order valence-electron chi connectivity index (χ2n) is 10.9. The number of hydrogen-bond donors (Lipinski definition) is 0. The van der Waals surface area contributed by atoms with Crippen LogP contribution >= 0.6 is 22.7 Å². The summed E-state index contributed by atoms with van der Waals surface area (Å²) >= 11 is 2.73. The summed E-state index contributed by atoms with van der Waals surface area (Å²) in [7, 11) is 0. The third-order valence-corrected chi connectivity index (χ3v) is 8.48. The number of esters is 3. The van der Waals surface area contributed by atoms with Gasteiger partial charge in [0, 0.05) is 12.4 Å². The molecule has 0 radical (unpaired) electrons. The minimum absolute atomic E-state index is 0.252. The SMILES string of the molecule is CCCc1ccccc1.CCOC(=O)c1ccc(C)cc1.CCOC(=O)c1cnc(C)s1.CCOC(=O)c1sc(C)nc1C.CCc1cccnc1. The number of aromatic nitrogens is 3. The Morgan fingerprint density at radius 2 is 1.23 bits per heavy atom. The summed E-state index contributed by atoms with van der Waals surface area (Å²) in [5.41, 5.74) is 5.26. The molecule has 5 rings (SSSR count). The summed E-state index contributed by atoms with van der Waals surface area (Å²) in [6.07, 6.45) is 8.75. The van der Waals surface area contributed by atoms with Gasteiger partial charge in [0.05, 0.1) is 47.3 Å². The lowest BCUT2D eigenvalue weighted by Gasteiger charge is -2.00. The van der Waals surface area contributed by atoms with Crippen LogP contribution in [0.25, 0.3) is 0 Å². The van der Waals surface area contributed by atoms with Gasteiger partial charge >= 0.3 is 17.9 Å². The van der Waals surface area contributed by atoms with Gasteiger partial charge in [0.15, 0.2) is 0 Å². The van der Waals surface area contributed by atoms with Gasteiger partial charge in [-0.2, -0.15) is 0 Å². The van der Waals surface area contributed by atoms with Gasteiger partial charge < -0.3 is 14.2 Å². The van der Waals surface area contributed by atoms with Crippen molar-refractivity contribution in [3.05, 3.63) is 133 Å². The van der Waals surface area contributed by atoms with Crippen LogP contribution in [0, 0.1) is 27.7 Å². The lowest BCUT2D eigenvalue weighted by molar-refractivity contribution is 0.0518. The lowest BCUT2D eigenvalue weighted by atomic mass is 10.1. The number of aryl methyl sites for hydroxylation is 6. The first-order chi connectivity index (χ1) is 25.0. The van der Waals surface area contributed by atoms with Crippen molar-refractivity contribution in [2.45, 2.75) is 81.6 Å². The molecule has 9 nitrogen and oxygen atoms in total. The number of pyridine rings is 1. The maximum Gasteiger partial charge on any atom is 0.350 e. The molecule has 5 aromatic rings. The highest BCUT2D eigenvalue weighted by Gasteiger charge is 2.14. The van der Waals surface area contributed by atoms with Gasteiger partial charge in [-0.1, -0.05) is 74.4 Å². The molecule has 0 fully saturated rings. The third-order valence-electron chi connectivity index (χ3n) is 6.54. The van der Waals surface area contributed by atoms with E-state index in [1.807, 2.05) is 52.1 Å². The topological polar surface area (TPSA) is 118 Å². The van der Waals surface area contributed by atoms with Gasteiger partial charge in [-0.05, 0) is 90.6 Å². The Morgan fingerprint density at radius 3 is 1.69 bits per heavy atom. The molecule has 0 atom stereocenters. The van der Waals surface area contributed by atoms with Gasteiger partial charge in [-0.3, -0.25) is 4.98 Å². The van der Waals surface area contributed by atoms with Crippen LogP contribution in [0.2, 0.25) is 0 Å². The Kier molecular flexibility index (Phi) is 23.5. The zero-order valence-electron chi connectivity index (χ0n) is 31.9. The maximum atomic E-state index is 11.2. The van der Waals surface area contributed by atoms with Crippen LogP contribution in [0.3, 0.4) is 0 Å². The van der Waals surface area contributed by atoms with E-state index in [1.165, 1.54) is 52.8 Å². The monoisotopic (exact) mass is 747 g/mol. The molecule has 0 aliphatic rings. The molecule has 280 valence electrons. The maximum absolute atomic E-state index is 11.2. The molecule has 2 aromatic carbocycles. The fourth-order valence-electron chi connectivity index (χ4n) is 4.02. The van der Waals surface area contributed by atoms with E-state index >= 15 is 0 Å². The summed E-state index contributed by atoms with van der Waals surface area (Å²) in [6.45, 7) is 18.5. The highest BCUT2D eigenvalue weighted by Crippen LogP contribution is 2.18. The van der Waals surface area contributed by atoms with Crippen LogP contribution in [0.1, 0.15) is 103 Å². The summed E-state index contributed by atoms with van der Waals surface area (Å²) in [5, 5.41) is 1.78. The fourth-order valence-corrected chi connectivity index (χ4v) is 5.50. The molecule has 0 aliphatic carbocycles. The summed E-state index contributed by atoms with van der Waals surface area (Å²) in [6, 6.07) is 21.9. The van der Waals surface area contributed by atoms with Crippen molar-refractivity contribution in [3.8, 4) is 0 Å². The third kappa shape index (κ3) is 19.0. The highest BCUT2D eigenvalue weighted by atomic mass is 32.1. The van der Waals surface area contributed by atoms with Crippen molar-refractivity contribution in [2.24, 2.45) is 0 Å². The Labute approximate surface area is 317 Å². The van der Waals surface area contributed by atoms with E-state index in [2.05, 4.69) is 65.2 Å². The molecule has 0 saturated heterocycles. The van der Waals surface area contributed by atoms with Crippen molar-refractivity contribution < 1.29 is 28.6 Å². The Balaban J connectivity index is 0.000000327. The van der Waals surface area contributed by atoms with Gasteiger partial charge in [-0.25, -0.2) is 24.4 Å². The molecule has 0 bridgehead atoms. The number of nitrogens with zero attached hydrogens (tertiary/aromatic N) is 3. The largest absolute Gasteiger partial charge is 0.462 e. The van der Waals surface area contributed by atoms with Crippen molar-refractivity contribution >= 4 is 40.6 Å². The number of rotatable bonds is 9. The lowest BCUT2D eigenvalue weighted by Crippen LogP contribution is -2.03. The standard InChI is InChI=1S/C10H12O2.C9H12.C8H11NO2S.C7H9NO2S.C7H9N/c1-3-12-10(11)9-6-4-8(2)5-7-9;1-2-6-9-7-4-3-5-8-9;1-4-11-8(10)7-5(2)9-6(3)12-7;1-3-10-7(9)6-4-8-5(2)11-6;1-2-7-4-3-5-8-6-7/h4-7H,3H2,1-2H3;3-5,7-8H,2,6H2,1H3;4H2,1-3H3;4H,3H2,1-2H3;3-6H,2H2,1H3. The van der Waals surface area contributed by atoms with Crippen molar-refractivity contribution in [1.82, 2.24) is 15.0 Å². The van der Waals surface area contributed by atoms with E-state index in [1.54, 1.807) is 39.1 Å². The molecular formula is C41H53N3O6S2. The van der Waals surface area contributed by atoms with Crippen LogP contribution in [0.4, 0.5) is 0 Å². The van der Waals surface area contributed by atoms with Gasteiger partial charge in [0.2, 0.25) is 0 Å². The molecule has 0 aliphatic heterocycles. The predicted molar refractivity (Wildman–Crippen MR) is 212 cm³/mol. The van der Waals surface area contributed by atoms with Gasteiger partial charge in [-0.15, -0.1) is 22.7 Å². The Bertz CT molecular complexity index is 1710. The molecule has 0 saturated carbocycles. The van der Waals surface area contributed by atoms with Crippen LogP contribution < -0.4 is 0 Å². The second kappa shape index (κ2) is 27.0. The minimum atomic E-state index is -0.280. The van der Waals surface area contributed by atoms with Crippen LogP contribution in [0.5, 0.6) is 0 Å². The van der Waals surface area contributed by atoms with Gasteiger partial charge in [0.1, 0.15) is 9.75 Å². The average molecular weight is 748 g/mol. The first-order valence-corrected chi connectivity index (χ1v) is 19.0. The van der Waals surface area contributed by atoms with E-state index in [9.17, 15) is 14.4 Å². The summed E-state index contributed by atoms with van der Waals surface area (Å²) in [4.78, 5) is 46.6. The second-order valence-corrected chi connectivity index (χ2v) is 13.3. The van der Waals surface area contributed by atoms with E-state index in [4.69, 9.17) is 14.2 Å². The number of benzene rings is 2. The Hall–Kier alpha value is -4.74. The Morgan fingerprint density at radius 1 is 0.635 bits per heavy atom. The fraction of sp³-hybridized carbons (Fsp3) is 0.366. The van der Waals surface area contributed by atoms with Crippen molar-refractivity contribution in [3.63, 3.8) is 0 Å². The van der Waals surface area contributed by atoms with E-state index < -0.39 is 0 Å². The molecular weight excluding hydrogens is 695 g/mol. The molecule has 0 N–H and O–H groups in total. The van der Waals surface area contributed by atoms with E-state index in [-0.39, 0.29) is 17.9 Å². The number of ether oxygens (including phenoxy) is 3. The van der Waals surface area contributed by atoms with E-state index in [0.29, 0.717) is 35.1 Å². The molecule has 3 heterocycles. The quantitative estimate of drug-likeness (QED) is 0.107. The molecule has 0 unspecified atom stereocenters. The number of hydrogen-bond acceptors (Lipinski definition) is 11. The molecule has 3 aromatic heterocycles. The van der Waals surface area contributed by atoms with Crippen LogP contribution in [-0.4, -0.2) is 52.7 Å². The predicted octanol–water partition coefficient (Wildman–Crippen LogP) is 10.0. The smallest absolute Gasteiger partial charge is 0.350 e. The number of carbonyl (C=O) groups excluding carboxylic acids is 3. The highest BCUT2D eigenvalue weighted by molar-refractivity contribution is 7.13. The molecule has 0 amide bonds. The molecule has 0 spiro atoms. The summed E-state index contributed by atoms with van der Waals surface area (Å²) in [5.74, 6) is -0.795. The molecule has 11 heteroatoms.